The van der Waals surface area contributed by atoms with Crippen LogP contribution in [0.2, 0.25) is 0 Å². The number of benzene rings is 2. The highest BCUT2D eigenvalue weighted by Crippen LogP contribution is 2.15. The Balaban J connectivity index is 1.87. The fourth-order valence-corrected chi connectivity index (χ4v) is 2.23. The summed E-state index contributed by atoms with van der Waals surface area (Å²) >= 11 is 0. The monoisotopic (exact) mass is 319 g/mol. The molecule has 4 N–H and O–H groups in total. The summed E-state index contributed by atoms with van der Waals surface area (Å²) in [6, 6.07) is 18.4. The average Bonchev–Trinajstić information content (AvgIpc) is 2.60. The van der Waals surface area contributed by atoms with Crippen LogP contribution >= 0.6 is 0 Å². The number of nitrogens with two attached hydrogens (primary N) is 1. The van der Waals surface area contributed by atoms with E-state index in [0.717, 1.165) is 16.8 Å². The molecule has 0 spiro atoms. The van der Waals surface area contributed by atoms with Crippen LogP contribution in [0.1, 0.15) is 12.5 Å². The van der Waals surface area contributed by atoms with Crippen molar-refractivity contribution in [3.63, 3.8) is 0 Å². The number of hydrogen-bond donors (Lipinski definition) is 3. The molecule has 1 aromatic heterocycles. The summed E-state index contributed by atoms with van der Waals surface area (Å²) in [5, 5.41) is 4.26. The molecule has 2 aromatic carbocycles. The first kappa shape index (κ1) is 15.5. The normalized spacial score (nSPS) is 11.3. The zero-order chi connectivity index (χ0) is 16.9. The predicted octanol–water partition coefficient (Wildman–Crippen LogP) is 2.86. The van der Waals surface area contributed by atoms with Crippen LogP contribution in [0.5, 0.6) is 0 Å². The molecule has 3 aromatic rings. The molecular formula is C18H17N5O. The van der Waals surface area contributed by atoms with Gasteiger partial charge in [0, 0.05) is 17.3 Å². The third-order valence-corrected chi connectivity index (χ3v) is 3.45. The number of hydrazone groups is 1. The first-order valence-electron chi connectivity index (χ1n) is 7.45. The summed E-state index contributed by atoms with van der Waals surface area (Å²) in [6.45, 7) is 1.85. The van der Waals surface area contributed by atoms with Crippen molar-refractivity contribution in [2.24, 2.45) is 5.10 Å². The third kappa shape index (κ3) is 3.67. The van der Waals surface area contributed by atoms with Crippen LogP contribution in [-0.2, 0) is 0 Å². The molecule has 0 aliphatic heterocycles. The van der Waals surface area contributed by atoms with Crippen molar-refractivity contribution in [2.45, 2.75) is 6.92 Å². The summed E-state index contributed by atoms with van der Waals surface area (Å²) in [5.41, 5.74) is 12.1. The van der Waals surface area contributed by atoms with Gasteiger partial charge in [0.15, 0.2) is 0 Å². The van der Waals surface area contributed by atoms with Crippen LogP contribution in [0.15, 0.2) is 70.6 Å². The number of nitrogens with one attached hydrogen (secondary N) is 2. The molecule has 0 unspecified atom stereocenters. The molecule has 6 heteroatoms. The predicted molar refractivity (Wildman–Crippen MR) is 97.0 cm³/mol. The van der Waals surface area contributed by atoms with E-state index in [1.165, 1.54) is 6.07 Å². The quantitative estimate of drug-likeness (QED) is 0.391. The van der Waals surface area contributed by atoms with E-state index < -0.39 is 0 Å². The first-order chi connectivity index (χ1) is 11.6. The first-order valence-corrected chi connectivity index (χ1v) is 7.45. The maximum absolute atomic E-state index is 11.8. The van der Waals surface area contributed by atoms with E-state index in [1.807, 2.05) is 61.5 Å². The molecule has 1 heterocycles. The topological polar surface area (TPSA) is 96.2 Å². The zero-order valence-corrected chi connectivity index (χ0v) is 13.2. The third-order valence-electron chi connectivity index (χ3n) is 3.45. The molecule has 3 rings (SSSR count). The Morgan fingerprint density at radius 2 is 1.92 bits per heavy atom. The fourth-order valence-electron chi connectivity index (χ4n) is 2.23. The Kier molecular flexibility index (Phi) is 4.38. The molecule has 0 fully saturated rings. The van der Waals surface area contributed by atoms with Gasteiger partial charge in [-0.3, -0.25) is 9.78 Å². The van der Waals surface area contributed by atoms with E-state index in [-0.39, 0.29) is 11.5 Å². The van der Waals surface area contributed by atoms with Crippen LogP contribution in [0.25, 0.3) is 11.3 Å². The van der Waals surface area contributed by atoms with E-state index in [4.69, 9.17) is 5.73 Å². The summed E-state index contributed by atoms with van der Waals surface area (Å²) in [7, 11) is 0. The maximum atomic E-state index is 11.8. The van der Waals surface area contributed by atoms with E-state index >= 15 is 0 Å². The minimum Gasteiger partial charge on any atom is -0.399 e. The molecule has 24 heavy (non-hydrogen) atoms. The van der Waals surface area contributed by atoms with Gasteiger partial charge in [0.25, 0.3) is 5.56 Å². The molecule has 0 amide bonds. The minimum absolute atomic E-state index is 0.247. The second-order valence-electron chi connectivity index (χ2n) is 5.28. The second kappa shape index (κ2) is 6.78. The number of hydrogen-bond acceptors (Lipinski definition) is 5. The van der Waals surface area contributed by atoms with Crippen molar-refractivity contribution in [3.05, 3.63) is 76.6 Å². The van der Waals surface area contributed by atoms with Gasteiger partial charge in [0.1, 0.15) is 0 Å². The van der Waals surface area contributed by atoms with Crippen LogP contribution in [-0.4, -0.2) is 15.7 Å². The average molecular weight is 319 g/mol. The number of anilines is 2. The Hall–Kier alpha value is -3.41. The summed E-state index contributed by atoms with van der Waals surface area (Å²) in [6.07, 6.45) is 0. The second-order valence-corrected chi connectivity index (χ2v) is 5.28. The van der Waals surface area contributed by atoms with Crippen molar-refractivity contribution in [2.75, 3.05) is 11.2 Å². The van der Waals surface area contributed by atoms with Crippen LogP contribution < -0.4 is 16.7 Å². The van der Waals surface area contributed by atoms with Crippen LogP contribution in [0.3, 0.4) is 0 Å². The molecule has 0 saturated heterocycles. The van der Waals surface area contributed by atoms with E-state index in [9.17, 15) is 4.79 Å². The Morgan fingerprint density at radius 1 is 1.12 bits per heavy atom. The smallest absolute Gasteiger partial charge is 0.252 e. The van der Waals surface area contributed by atoms with Gasteiger partial charge in [-0.2, -0.15) is 5.10 Å². The van der Waals surface area contributed by atoms with Gasteiger partial charge >= 0.3 is 0 Å². The number of nitrogen functional groups attached to an aromatic ring is 1. The molecule has 0 atom stereocenters. The van der Waals surface area contributed by atoms with Crippen LogP contribution in [0, 0.1) is 0 Å². The van der Waals surface area contributed by atoms with Crippen molar-refractivity contribution in [1.82, 2.24) is 9.97 Å². The lowest BCUT2D eigenvalue weighted by Crippen LogP contribution is -2.11. The maximum Gasteiger partial charge on any atom is 0.252 e. The lowest BCUT2D eigenvalue weighted by molar-refractivity contribution is 1.08. The number of rotatable bonds is 4. The van der Waals surface area contributed by atoms with Gasteiger partial charge in [0.05, 0.1) is 11.4 Å². The lowest BCUT2D eigenvalue weighted by Gasteiger charge is -2.06. The summed E-state index contributed by atoms with van der Waals surface area (Å²) < 4.78 is 0. The molecule has 0 bridgehead atoms. The van der Waals surface area contributed by atoms with Crippen molar-refractivity contribution >= 4 is 17.3 Å². The van der Waals surface area contributed by atoms with E-state index in [1.54, 1.807) is 0 Å². The highest BCUT2D eigenvalue weighted by Gasteiger charge is 2.04. The van der Waals surface area contributed by atoms with Gasteiger partial charge < -0.3 is 5.73 Å². The Bertz CT molecular complexity index is 931. The number of H-pyrrole nitrogens is 1. The number of aromatic nitrogens is 2. The number of nitrogens with zero attached hydrogens (tertiary/aromatic N) is 2. The highest BCUT2D eigenvalue weighted by molar-refractivity contribution is 5.99. The van der Waals surface area contributed by atoms with E-state index in [0.29, 0.717) is 11.4 Å². The fraction of sp³-hybridized carbons (Fsp3) is 0.0556. The van der Waals surface area contributed by atoms with Crippen molar-refractivity contribution in [3.8, 4) is 11.3 Å². The zero-order valence-electron chi connectivity index (χ0n) is 13.2. The molecule has 0 radical (unpaired) electrons. The lowest BCUT2D eigenvalue weighted by atomic mass is 10.1. The van der Waals surface area contributed by atoms with Crippen molar-refractivity contribution in [1.29, 1.82) is 0 Å². The summed E-state index contributed by atoms with van der Waals surface area (Å²) in [4.78, 5) is 18.9. The van der Waals surface area contributed by atoms with Gasteiger partial charge in [-0.25, -0.2) is 10.4 Å². The SMILES string of the molecule is CC(=NNc1nc(-c2ccccc2)cc(=O)[nH]1)c1cccc(N)c1. The summed E-state index contributed by atoms with van der Waals surface area (Å²) in [5.74, 6) is 0.282. The molecule has 0 aliphatic rings. The molecular weight excluding hydrogens is 302 g/mol. The van der Waals surface area contributed by atoms with Gasteiger partial charge in [-0.05, 0) is 24.6 Å². The van der Waals surface area contributed by atoms with Crippen LogP contribution in [0.4, 0.5) is 11.6 Å². The molecule has 0 aliphatic carbocycles. The van der Waals surface area contributed by atoms with Crippen molar-refractivity contribution < 1.29 is 0 Å². The Labute approximate surface area is 139 Å². The molecule has 6 nitrogen and oxygen atoms in total. The van der Waals surface area contributed by atoms with Gasteiger partial charge in [0.2, 0.25) is 5.95 Å². The largest absolute Gasteiger partial charge is 0.399 e. The standard InChI is InChI=1S/C18H17N5O/c1-12(14-8-5-9-15(19)10-14)22-23-18-20-16(11-17(24)21-18)13-6-3-2-4-7-13/h2-11H,19H2,1H3,(H2,20,21,23,24). The minimum atomic E-state index is -0.247. The van der Waals surface area contributed by atoms with E-state index in [2.05, 4.69) is 20.5 Å². The highest BCUT2D eigenvalue weighted by atomic mass is 16.1. The van der Waals surface area contributed by atoms with Gasteiger partial charge in [-0.15, -0.1) is 0 Å². The van der Waals surface area contributed by atoms with Gasteiger partial charge in [-0.1, -0.05) is 42.5 Å². The molecule has 120 valence electrons. The molecule has 0 saturated carbocycles. The number of aromatic amines is 1. The Morgan fingerprint density at radius 3 is 2.67 bits per heavy atom.